The quantitative estimate of drug-likeness (QED) is 0.387. The van der Waals surface area contributed by atoms with E-state index >= 15 is 0 Å². The highest BCUT2D eigenvalue weighted by Crippen LogP contribution is 2.33. The number of nitrogens with one attached hydrogen (secondary N) is 1. The topological polar surface area (TPSA) is 145 Å². The summed E-state index contributed by atoms with van der Waals surface area (Å²) in [5.41, 5.74) is 0.702. The van der Waals surface area contributed by atoms with Crippen LogP contribution in [0.2, 0.25) is 0 Å². The van der Waals surface area contributed by atoms with Crippen LogP contribution in [0.15, 0.2) is 18.2 Å². The van der Waals surface area contributed by atoms with Gasteiger partial charge in [-0.05, 0) is 6.07 Å². The van der Waals surface area contributed by atoms with Crippen molar-refractivity contribution in [3.8, 4) is 0 Å². The SMILES string of the molecule is CO.NNc1cccc([N+](=O)[O-])c1[N+](=O)[O-]. The van der Waals surface area contributed by atoms with Gasteiger partial charge in [-0.15, -0.1) is 0 Å². The van der Waals surface area contributed by atoms with Gasteiger partial charge in [0.25, 0.3) is 0 Å². The molecular weight excluding hydrogens is 220 g/mol. The number of nitrogens with two attached hydrogens (primary N) is 1. The standard InChI is InChI=1S/C6H6N4O4.CH4O/c7-8-4-2-1-3-5(9(11)12)6(4)10(13)14;1-2/h1-3,8H,7H2;2H,1H3. The second kappa shape index (κ2) is 6.27. The van der Waals surface area contributed by atoms with Crippen LogP contribution in [0.25, 0.3) is 0 Å². The summed E-state index contributed by atoms with van der Waals surface area (Å²) in [6.07, 6.45) is 0. The number of hydrogen-bond donors (Lipinski definition) is 3. The second-order valence-electron chi connectivity index (χ2n) is 2.33. The lowest BCUT2D eigenvalue weighted by molar-refractivity contribution is -0.421. The molecule has 0 saturated carbocycles. The number of rotatable bonds is 3. The Morgan fingerprint density at radius 3 is 2.19 bits per heavy atom. The number of nitrogens with zero attached hydrogens (tertiary/aromatic N) is 2. The second-order valence-corrected chi connectivity index (χ2v) is 2.33. The zero-order valence-electron chi connectivity index (χ0n) is 8.28. The van der Waals surface area contributed by atoms with Gasteiger partial charge in [-0.25, -0.2) is 0 Å². The molecule has 0 aliphatic heterocycles. The molecule has 0 aliphatic rings. The van der Waals surface area contributed by atoms with Gasteiger partial charge >= 0.3 is 11.4 Å². The molecule has 0 fully saturated rings. The fourth-order valence-corrected chi connectivity index (χ4v) is 0.987. The van der Waals surface area contributed by atoms with E-state index in [1.807, 2.05) is 5.43 Å². The summed E-state index contributed by atoms with van der Waals surface area (Å²) in [4.78, 5) is 19.3. The third-order valence-electron chi connectivity index (χ3n) is 1.55. The summed E-state index contributed by atoms with van der Waals surface area (Å²) >= 11 is 0. The number of anilines is 1. The molecule has 0 saturated heterocycles. The van der Waals surface area contributed by atoms with Crippen molar-refractivity contribution in [3.63, 3.8) is 0 Å². The Hall–Kier alpha value is -2.26. The van der Waals surface area contributed by atoms with Gasteiger partial charge in [0.1, 0.15) is 5.69 Å². The van der Waals surface area contributed by atoms with Crippen molar-refractivity contribution in [2.75, 3.05) is 12.5 Å². The molecule has 1 aromatic rings. The number of hydrogen-bond acceptors (Lipinski definition) is 7. The maximum absolute atomic E-state index is 10.5. The highest BCUT2D eigenvalue weighted by Gasteiger charge is 2.27. The molecule has 1 aromatic carbocycles. The Kier molecular flexibility index (Phi) is 5.38. The van der Waals surface area contributed by atoms with Gasteiger partial charge in [-0.2, -0.15) is 0 Å². The van der Waals surface area contributed by atoms with Crippen LogP contribution >= 0.6 is 0 Å². The number of hydrazine groups is 1. The molecule has 4 N–H and O–H groups in total. The Morgan fingerprint density at radius 2 is 1.81 bits per heavy atom. The van der Waals surface area contributed by atoms with E-state index in [1.165, 1.54) is 12.1 Å². The summed E-state index contributed by atoms with van der Waals surface area (Å²) in [6.45, 7) is 0. The Morgan fingerprint density at radius 1 is 1.25 bits per heavy atom. The van der Waals surface area contributed by atoms with Crippen LogP contribution in [0.3, 0.4) is 0 Å². The predicted octanol–water partition coefficient (Wildman–Crippen LogP) is 0.397. The summed E-state index contributed by atoms with van der Waals surface area (Å²) in [6, 6.07) is 3.63. The zero-order valence-corrected chi connectivity index (χ0v) is 8.28. The number of aliphatic hydroxyl groups excluding tert-OH is 1. The molecule has 0 spiro atoms. The highest BCUT2D eigenvalue weighted by molar-refractivity contribution is 5.70. The van der Waals surface area contributed by atoms with E-state index in [9.17, 15) is 20.2 Å². The van der Waals surface area contributed by atoms with E-state index < -0.39 is 21.2 Å². The van der Waals surface area contributed by atoms with Crippen LogP contribution < -0.4 is 11.3 Å². The predicted molar refractivity (Wildman–Crippen MR) is 55.7 cm³/mol. The lowest BCUT2D eigenvalue weighted by Crippen LogP contribution is -2.10. The number of nitrogen functional groups attached to an aromatic ring is 1. The third-order valence-corrected chi connectivity index (χ3v) is 1.55. The molecule has 9 heteroatoms. The fourth-order valence-electron chi connectivity index (χ4n) is 0.987. The largest absolute Gasteiger partial charge is 0.400 e. The van der Waals surface area contributed by atoms with Gasteiger partial charge in [0, 0.05) is 13.2 Å². The minimum absolute atomic E-state index is 0.0933. The van der Waals surface area contributed by atoms with Gasteiger partial charge < -0.3 is 10.5 Å². The first-order valence-corrected chi connectivity index (χ1v) is 3.91. The summed E-state index contributed by atoms with van der Waals surface area (Å²) in [7, 11) is 1.00. The van der Waals surface area contributed by atoms with Crippen molar-refractivity contribution in [2.24, 2.45) is 5.84 Å². The van der Waals surface area contributed by atoms with Crippen molar-refractivity contribution >= 4 is 17.1 Å². The number of nitro groups is 2. The molecular formula is C7H10N4O5. The van der Waals surface area contributed by atoms with Crippen LogP contribution in [0.5, 0.6) is 0 Å². The van der Waals surface area contributed by atoms with E-state index in [0.717, 1.165) is 13.2 Å². The average Bonchev–Trinajstić information content (AvgIpc) is 2.30. The molecule has 88 valence electrons. The van der Waals surface area contributed by atoms with E-state index in [2.05, 4.69) is 0 Å². The summed E-state index contributed by atoms with van der Waals surface area (Å²) in [5, 5.41) is 27.9. The highest BCUT2D eigenvalue weighted by atomic mass is 16.6. The van der Waals surface area contributed by atoms with Crippen LogP contribution in [-0.4, -0.2) is 22.1 Å². The number of aliphatic hydroxyl groups is 1. The van der Waals surface area contributed by atoms with E-state index in [0.29, 0.717) is 0 Å². The third kappa shape index (κ3) is 2.87. The maximum Gasteiger partial charge on any atom is 0.370 e. The van der Waals surface area contributed by atoms with Crippen molar-refractivity contribution in [3.05, 3.63) is 38.4 Å². The Balaban J connectivity index is 0.00000106. The number of benzene rings is 1. The minimum atomic E-state index is -0.854. The van der Waals surface area contributed by atoms with E-state index in [-0.39, 0.29) is 5.69 Å². The zero-order chi connectivity index (χ0) is 12.7. The Bertz CT molecular complexity index is 394. The summed E-state index contributed by atoms with van der Waals surface area (Å²) < 4.78 is 0. The van der Waals surface area contributed by atoms with Crippen molar-refractivity contribution in [2.45, 2.75) is 0 Å². The Labute approximate surface area is 89.8 Å². The van der Waals surface area contributed by atoms with Crippen LogP contribution in [-0.2, 0) is 0 Å². The molecule has 1 rings (SSSR count). The average molecular weight is 230 g/mol. The van der Waals surface area contributed by atoms with Gasteiger partial charge in [0.2, 0.25) is 0 Å². The lowest BCUT2D eigenvalue weighted by atomic mass is 10.2. The molecule has 0 aliphatic carbocycles. The van der Waals surface area contributed by atoms with Crippen LogP contribution in [0.1, 0.15) is 0 Å². The van der Waals surface area contributed by atoms with Gasteiger partial charge in [0.05, 0.1) is 9.85 Å². The minimum Gasteiger partial charge on any atom is -0.400 e. The van der Waals surface area contributed by atoms with Crippen LogP contribution in [0.4, 0.5) is 17.1 Å². The molecule has 0 radical (unpaired) electrons. The molecule has 9 nitrogen and oxygen atoms in total. The van der Waals surface area contributed by atoms with Crippen molar-refractivity contribution in [1.82, 2.24) is 0 Å². The fraction of sp³-hybridized carbons (Fsp3) is 0.143. The monoisotopic (exact) mass is 230 g/mol. The number of para-hydroxylation sites is 1. The van der Waals surface area contributed by atoms with E-state index in [1.54, 1.807) is 0 Å². The first kappa shape index (κ1) is 13.7. The molecule has 0 bridgehead atoms. The molecule has 0 heterocycles. The van der Waals surface area contributed by atoms with Crippen LogP contribution in [0, 0.1) is 20.2 Å². The van der Waals surface area contributed by atoms with Crippen molar-refractivity contribution in [1.29, 1.82) is 0 Å². The van der Waals surface area contributed by atoms with Crippen molar-refractivity contribution < 1.29 is 15.0 Å². The van der Waals surface area contributed by atoms with Gasteiger partial charge in [0.15, 0.2) is 0 Å². The van der Waals surface area contributed by atoms with E-state index in [4.69, 9.17) is 10.9 Å². The molecule has 0 atom stereocenters. The first-order valence-electron chi connectivity index (χ1n) is 3.91. The number of nitro benzene ring substituents is 2. The lowest BCUT2D eigenvalue weighted by Gasteiger charge is -2.00. The molecule has 0 unspecified atom stereocenters. The van der Waals surface area contributed by atoms with Gasteiger partial charge in [-0.3, -0.25) is 26.1 Å². The van der Waals surface area contributed by atoms with Gasteiger partial charge in [-0.1, -0.05) is 6.07 Å². The normalized spacial score (nSPS) is 8.69. The molecule has 0 amide bonds. The summed E-state index contributed by atoms with van der Waals surface area (Å²) in [5.74, 6) is 4.98. The first-order chi connectivity index (χ1) is 7.57. The molecule has 0 aromatic heterocycles. The smallest absolute Gasteiger partial charge is 0.370 e. The maximum atomic E-state index is 10.5. The molecule has 16 heavy (non-hydrogen) atoms.